The summed E-state index contributed by atoms with van der Waals surface area (Å²) in [5, 5.41) is 5.31. The summed E-state index contributed by atoms with van der Waals surface area (Å²) in [6.07, 6.45) is 7.45. The summed E-state index contributed by atoms with van der Waals surface area (Å²) < 4.78 is 1.80. The van der Waals surface area contributed by atoms with Crippen LogP contribution < -0.4 is 0 Å². The molecular formula is C13H15N5. The maximum atomic E-state index is 4.41. The number of nitrogens with one attached hydrogen (secondary N) is 1. The highest BCUT2D eigenvalue weighted by Crippen LogP contribution is 2.31. The first-order chi connectivity index (χ1) is 8.66. The van der Waals surface area contributed by atoms with Crippen LogP contribution in [-0.4, -0.2) is 24.7 Å². The van der Waals surface area contributed by atoms with E-state index in [0.29, 0.717) is 5.92 Å². The van der Waals surface area contributed by atoms with Crippen LogP contribution in [0.15, 0.2) is 24.9 Å². The van der Waals surface area contributed by atoms with Gasteiger partial charge in [-0.15, -0.1) is 0 Å². The lowest BCUT2D eigenvalue weighted by molar-refractivity contribution is 0.768. The first kappa shape index (κ1) is 11.0. The van der Waals surface area contributed by atoms with Crippen LogP contribution in [0.5, 0.6) is 0 Å². The van der Waals surface area contributed by atoms with Crippen LogP contribution in [0.25, 0.3) is 22.2 Å². The number of H-pyrrole nitrogens is 1. The average Bonchev–Trinajstić information content (AvgIpc) is 2.94. The maximum absolute atomic E-state index is 4.41. The minimum Gasteiger partial charge on any atom is -0.345 e. The summed E-state index contributed by atoms with van der Waals surface area (Å²) in [6, 6.07) is 0. The summed E-state index contributed by atoms with van der Waals surface area (Å²) in [5.74, 6) is 0.363. The number of hydrogen-bond acceptors (Lipinski definition) is 3. The van der Waals surface area contributed by atoms with Crippen LogP contribution in [0.3, 0.4) is 0 Å². The smallest absolute Gasteiger partial charge is 0.141 e. The summed E-state index contributed by atoms with van der Waals surface area (Å²) in [7, 11) is 1.91. The number of aryl methyl sites for hydroxylation is 1. The Kier molecular flexibility index (Phi) is 2.40. The van der Waals surface area contributed by atoms with Gasteiger partial charge in [0.05, 0.1) is 11.9 Å². The number of aromatic amines is 1. The maximum Gasteiger partial charge on any atom is 0.141 e. The van der Waals surface area contributed by atoms with Gasteiger partial charge >= 0.3 is 0 Å². The molecule has 0 unspecified atom stereocenters. The zero-order chi connectivity index (χ0) is 12.7. The molecule has 0 fully saturated rings. The number of fused-ring (bicyclic) bond motifs is 1. The fourth-order valence-electron chi connectivity index (χ4n) is 2.21. The van der Waals surface area contributed by atoms with Crippen LogP contribution in [0, 0.1) is 0 Å². The van der Waals surface area contributed by atoms with E-state index in [1.165, 1.54) is 0 Å². The molecule has 0 aliphatic carbocycles. The Hall–Kier alpha value is -2.17. The zero-order valence-electron chi connectivity index (χ0n) is 10.7. The second-order valence-corrected chi connectivity index (χ2v) is 4.74. The summed E-state index contributed by atoms with van der Waals surface area (Å²) >= 11 is 0. The number of aromatic nitrogens is 5. The molecule has 5 nitrogen and oxygen atoms in total. The van der Waals surface area contributed by atoms with Gasteiger partial charge in [0.15, 0.2) is 0 Å². The molecule has 0 bridgehead atoms. The van der Waals surface area contributed by atoms with Gasteiger partial charge in [-0.1, -0.05) is 13.8 Å². The van der Waals surface area contributed by atoms with Gasteiger partial charge < -0.3 is 4.98 Å². The van der Waals surface area contributed by atoms with E-state index in [2.05, 4.69) is 33.9 Å². The molecule has 3 heterocycles. The van der Waals surface area contributed by atoms with Gasteiger partial charge in [-0.3, -0.25) is 4.68 Å². The molecule has 1 N–H and O–H groups in total. The first-order valence-corrected chi connectivity index (χ1v) is 5.98. The minimum atomic E-state index is 0.363. The predicted octanol–water partition coefficient (Wildman–Crippen LogP) is 2.48. The van der Waals surface area contributed by atoms with E-state index in [4.69, 9.17) is 0 Å². The van der Waals surface area contributed by atoms with Crippen molar-refractivity contribution in [2.75, 3.05) is 0 Å². The molecule has 0 amide bonds. The van der Waals surface area contributed by atoms with Crippen molar-refractivity contribution in [3.05, 3.63) is 30.6 Å². The Morgan fingerprint density at radius 2 is 2.11 bits per heavy atom. The van der Waals surface area contributed by atoms with Crippen molar-refractivity contribution in [1.29, 1.82) is 0 Å². The van der Waals surface area contributed by atoms with Crippen LogP contribution in [0.1, 0.15) is 25.5 Å². The number of nitrogens with zero attached hydrogens (tertiary/aromatic N) is 4. The van der Waals surface area contributed by atoms with Gasteiger partial charge in [0.2, 0.25) is 0 Å². The molecule has 5 heteroatoms. The van der Waals surface area contributed by atoms with E-state index >= 15 is 0 Å². The van der Waals surface area contributed by atoms with Crippen LogP contribution in [-0.2, 0) is 7.05 Å². The first-order valence-electron chi connectivity index (χ1n) is 5.98. The Morgan fingerprint density at radius 1 is 1.28 bits per heavy atom. The van der Waals surface area contributed by atoms with E-state index in [1.54, 1.807) is 11.0 Å². The lowest BCUT2D eigenvalue weighted by Gasteiger charge is -2.06. The highest BCUT2D eigenvalue weighted by atomic mass is 15.2. The third-order valence-electron chi connectivity index (χ3n) is 3.06. The molecule has 0 saturated carbocycles. The van der Waals surface area contributed by atoms with Gasteiger partial charge in [0.1, 0.15) is 12.0 Å². The second kappa shape index (κ2) is 3.94. The molecule has 0 atom stereocenters. The van der Waals surface area contributed by atoms with Crippen molar-refractivity contribution in [1.82, 2.24) is 24.7 Å². The standard InChI is InChI=1S/C13H15N5/c1-8(2)12-11-10(9-4-17-18(3)6-9)5-14-13(11)16-7-15-12/h4-8H,1-3H3,(H,14,15,16). The van der Waals surface area contributed by atoms with E-state index in [0.717, 1.165) is 27.9 Å². The van der Waals surface area contributed by atoms with Crippen molar-refractivity contribution in [2.45, 2.75) is 19.8 Å². The normalized spacial score (nSPS) is 11.6. The quantitative estimate of drug-likeness (QED) is 0.749. The van der Waals surface area contributed by atoms with Gasteiger partial charge in [-0.25, -0.2) is 9.97 Å². The third-order valence-corrected chi connectivity index (χ3v) is 3.06. The number of hydrogen-bond donors (Lipinski definition) is 1. The van der Waals surface area contributed by atoms with Gasteiger partial charge in [-0.2, -0.15) is 5.10 Å². The highest BCUT2D eigenvalue weighted by Gasteiger charge is 2.15. The Balaban J connectivity index is 2.30. The van der Waals surface area contributed by atoms with Crippen molar-refractivity contribution in [3.63, 3.8) is 0 Å². The average molecular weight is 241 g/mol. The fourth-order valence-corrected chi connectivity index (χ4v) is 2.21. The van der Waals surface area contributed by atoms with Crippen LogP contribution >= 0.6 is 0 Å². The molecule has 0 spiro atoms. The van der Waals surface area contributed by atoms with Crippen molar-refractivity contribution in [3.8, 4) is 11.1 Å². The molecule has 0 aliphatic heterocycles. The minimum absolute atomic E-state index is 0.363. The van der Waals surface area contributed by atoms with Crippen molar-refractivity contribution >= 4 is 11.0 Å². The molecule has 0 radical (unpaired) electrons. The Morgan fingerprint density at radius 3 is 2.78 bits per heavy atom. The third kappa shape index (κ3) is 1.59. The lowest BCUT2D eigenvalue weighted by atomic mass is 10.0. The molecule has 0 saturated heterocycles. The van der Waals surface area contributed by atoms with Crippen LogP contribution in [0.4, 0.5) is 0 Å². The second-order valence-electron chi connectivity index (χ2n) is 4.74. The zero-order valence-corrected chi connectivity index (χ0v) is 10.7. The lowest BCUT2D eigenvalue weighted by Crippen LogP contribution is -1.95. The molecule has 0 aliphatic rings. The Bertz CT molecular complexity index is 692. The molecule has 3 aromatic heterocycles. The van der Waals surface area contributed by atoms with Gasteiger partial charge in [-0.05, 0) is 5.92 Å². The topological polar surface area (TPSA) is 59.4 Å². The molecule has 3 aromatic rings. The summed E-state index contributed by atoms with van der Waals surface area (Å²) in [4.78, 5) is 11.9. The van der Waals surface area contributed by atoms with E-state index < -0.39 is 0 Å². The molecule has 18 heavy (non-hydrogen) atoms. The molecule has 92 valence electrons. The summed E-state index contributed by atoms with van der Waals surface area (Å²) in [5.41, 5.74) is 4.15. The summed E-state index contributed by atoms with van der Waals surface area (Å²) in [6.45, 7) is 4.28. The SMILES string of the molecule is CC(C)c1ncnc2[nH]cc(-c3cnn(C)c3)c12. The molecular weight excluding hydrogens is 226 g/mol. The highest BCUT2D eigenvalue weighted by molar-refractivity contribution is 5.95. The van der Waals surface area contributed by atoms with Crippen LogP contribution in [0.2, 0.25) is 0 Å². The van der Waals surface area contributed by atoms with Gasteiger partial charge in [0.25, 0.3) is 0 Å². The van der Waals surface area contributed by atoms with E-state index in [-0.39, 0.29) is 0 Å². The predicted molar refractivity (Wildman–Crippen MR) is 70.2 cm³/mol. The fraction of sp³-hybridized carbons (Fsp3) is 0.308. The van der Waals surface area contributed by atoms with Crippen molar-refractivity contribution < 1.29 is 0 Å². The molecule has 3 rings (SSSR count). The van der Waals surface area contributed by atoms with E-state index in [1.807, 2.05) is 25.6 Å². The van der Waals surface area contributed by atoms with Gasteiger partial charge in [0, 0.05) is 36.0 Å². The Labute approximate surface area is 105 Å². The van der Waals surface area contributed by atoms with E-state index in [9.17, 15) is 0 Å². The largest absolute Gasteiger partial charge is 0.345 e. The monoisotopic (exact) mass is 241 g/mol. The number of rotatable bonds is 2. The molecule has 0 aromatic carbocycles. The van der Waals surface area contributed by atoms with Crippen molar-refractivity contribution in [2.24, 2.45) is 7.05 Å².